The van der Waals surface area contributed by atoms with Crippen LogP contribution in [-0.2, 0) is 16.6 Å². The average molecular weight is 462 g/mol. The summed E-state index contributed by atoms with van der Waals surface area (Å²) < 4.78 is 69.2. The first kappa shape index (κ1) is 21.6. The summed E-state index contributed by atoms with van der Waals surface area (Å²) >= 11 is 0. The molecule has 0 saturated heterocycles. The highest BCUT2D eigenvalue weighted by molar-refractivity contribution is 7.94. The smallest absolute Gasteiger partial charge is 0.343 e. The fraction of sp³-hybridized carbons (Fsp3) is 0.143. The second-order valence-corrected chi connectivity index (χ2v) is 8.98. The first-order valence-corrected chi connectivity index (χ1v) is 10.8. The molecule has 7 nitrogen and oxygen atoms in total. The van der Waals surface area contributed by atoms with E-state index < -0.39 is 45.6 Å². The van der Waals surface area contributed by atoms with Gasteiger partial charge in [-0.1, -0.05) is 12.1 Å². The summed E-state index contributed by atoms with van der Waals surface area (Å²) in [5.41, 5.74) is -0.607. The minimum atomic E-state index is -4.33. The van der Waals surface area contributed by atoms with Crippen LogP contribution < -0.4 is 14.1 Å². The van der Waals surface area contributed by atoms with Gasteiger partial charge in [-0.2, -0.15) is 4.31 Å². The van der Waals surface area contributed by atoms with Gasteiger partial charge >= 0.3 is 6.03 Å². The molecular formula is C21H17F3N4O3S. The van der Waals surface area contributed by atoms with Crippen molar-refractivity contribution >= 4 is 33.2 Å². The molecule has 32 heavy (non-hydrogen) atoms. The molecule has 0 N–H and O–H groups in total. The number of pyridine rings is 1. The molecule has 166 valence electrons. The van der Waals surface area contributed by atoms with Crippen LogP contribution in [0.3, 0.4) is 0 Å². The highest BCUT2D eigenvalue weighted by Gasteiger charge is 2.43. The molecule has 0 bridgehead atoms. The summed E-state index contributed by atoms with van der Waals surface area (Å²) in [6.07, 6.45) is 1.34. The number of hydrogen-bond acceptors (Lipinski definition) is 5. The normalized spacial score (nSPS) is 15.0. The second kappa shape index (κ2) is 7.83. The van der Waals surface area contributed by atoms with Crippen molar-refractivity contribution in [3.8, 4) is 0 Å². The van der Waals surface area contributed by atoms with E-state index in [1.165, 1.54) is 42.6 Å². The summed E-state index contributed by atoms with van der Waals surface area (Å²) in [4.78, 5) is 19.9. The highest BCUT2D eigenvalue weighted by atomic mass is 32.2. The standard InChI is InChI=1S/C21H17F3N4O3S/c1-26(2)20-11-14(7-8-25-20)28-21(29)27(12-15-16(23)9-13(22)10-17(15)24)18-5-3-4-6-19(18)32(28,30)31/h3-11H,12H2,1-2H3. The molecule has 0 fully saturated rings. The molecule has 0 spiro atoms. The molecule has 1 aromatic heterocycles. The van der Waals surface area contributed by atoms with Crippen LogP contribution in [0.2, 0.25) is 0 Å². The van der Waals surface area contributed by atoms with Crippen molar-refractivity contribution in [1.29, 1.82) is 0 Å². The van der Waals surface area contributed by atoms with Crippen molar-refractivity contribution < 1.29 is 26.4 Å². The Hall–Kier alpha value is -3.60. The zero-order chi connectivity index (χ0) is 23.2. The van der Waals surface area contributed by atoms with E-state index in [0.29, 0.717) is 22.3 Å². The lowest BCUT2D eigenvalue weighted by atomic mass is 10.1. The van der Waals surface area contributed by atoms with Gasteiger partial charge in [-0.25, -0.2) is 31.4 Å². The number of hydrogen-bond donors (Lipinski definition) is 0. The molecule has 0 unspecified atom stereocenters. The van der Waals surface area contributed by atoms with Gasteiger partial charge in [0.05, 0.1) is 17.9 Å². The predicted molar refractivity (Wildman–Crippen MR) is 113 cm³/mol. The third kappa shape index (κ3) is 3.54. The van der Waals surface area contributed by atoms with E-state index in [1.807, 2.05) is 0 Å². The van der Waals surface area contributed by atoms with Crippen molar-refractivity contribution in [2.24, 2.45) is 0 Å². The van der Waals surface area contributed by atoms with Gasteiger partial charge in [-0.05, 0) is 18.2 Å². The van der Waals surface area contributed by atoms with E-state index >= 15 is 0 Å². The average Bonchev–Trinajstić information content (AvgIpc) is 2.72. The largest absolute Gasteiger partial charge is 0.363 e. The van der Waals surface area contributed by atoms with E-state index in [9.17, 15) is 26.4 Å². The zero-order valence-corrected chi connectivity index (χ0v) is 17.8. The molecular weight excluding hydrogens is 445 g/mol. The van der Waals surface area contributed by atoms with E-state index in [0.717, 1.165) is 4.90 Å². The van der Waals surface area contributed by atoms with Crippen molar-refractivity contribution in [1.82, 2.24) is 4.98 Å². The summed E-state index contributed by atoms with van der Waals surface area (Å²) in [6, 6.07) is 8.33. The molecule has 0 radical (unpaired) electrons. The Bertz CT molecular complexity index is 1310. The number of amides is 2. The molecule has 1 aliphatic rings. The Labute approximate surface area is 182 Å². The minimum Gasteiger partial charge on any atom is -0.363 e. The van der Waals surface area contributed by atoms with Crippen LogP contribution >= 0.6 is 0 Å². The zero-order valence-electron chi connectivity index (χ0n) is 17.0. The number of para-hydroxylation sites is 1. The number of carbonyl (C=O) groups is 1. The van der Waals surface area contributed by atoms with Gasteiger partial charge < -0.3 is 4.90 Å². The lowest BCUT2D eigenvalue weighted by molar-refractivity contribution is 0.253. The number of rotatable bonds is 4. The highest BCUT2D eigenvalue weighted by Crippen LogP contribution is 2.38. The van der Waals surface area contributed by atoms with Gasteiger partial charge in [0.1, 0.15) is 28.2 Å². The Kier molecular flexibility index (Phi) is 5.29. The Morgan fingerprint density at radius 3 is 2.31 bits per heavy atom. The van der Waals surface area contributed by atoms with Crippen LogP contribution in [0, 0.1) is 17.5 Å². The summed E-state index contributed by atoms with van der Waals surface area (Å²) in [5.74, 6) is -3.09. The molecule has 1 aliphatic heterocycles. The minimum absolute atomic E-state index is 0.00764. The SMILES string of the molecule is CN(C)c1cc(N2C(=O)N(Cc3c(F)cc(F)cc3F)c3ccccc3S2(=O)=O)ccn1. The van der Waals surface area contributed by atoms with E-state index in [4.69, 9.17) is 0 Å². The molecule has 0 saturated carbocycles. The van der Waals surface area contributed by atoms with E-state index in [-0.39, 0.29) is 16.3 Å². The van der Waals surface area contributed by atoms with Crippen LogP contribution in [0.15, 0.2) is 59.6 Å². The fourth-order valence-corrected chi connectivity index (χ4v) is 4.96. The maximum absolute atomic E-state index is 14.3. The molecule has 11 heteroatoms. The van der Waals surface area contributed by atoms with Crippen LogP contribution in [0.4, 0.5) is 35.2 Å². The van der Waals surface area contributed by atoms with Crippen LogP contribution in [-0.4, -0.2) is 33.5 Å². The maximum Gasteiger partial charge on any atom is 0.343 e. The number of anilines is 3. The third-order valence-electron chi connectivity index (χ3n) is 4.92. The quantitative estimate of drug-likeness (QED) is 0.588. The Morgan fingerprint density at radius 2 is 1.66 bits per heavy atom. The van der Waals surface area contributed by atoms with Gasteiger partial charge in [-0.3, -0.25) is 4.90 Å². The second-order valence-electron chi connectivity index (χ2n) is 7.22. The number of aromatic nitrogens is 1. The van der Waals surface area contributed by atoms with Crippen molar-refractivity contribution in [2.45, 2.75) is 11.4 Å². The first-order chi connectivity index (χ1) is 15.1. The van der Waals surface area contributed by atoms with Crippen molar-refractivity contribution in [2.75, 3.05) is 28.2 Å². The Morgan fingerprint density at radius 1 is 1.00 bits per heavy atom. The van der Waals surface area contributed by atoms with Gasteiger partial charge in [-0.15, -0.1) is 0 Å². The lowest BCUT2D eigenvalue weighted by Crippen LogP contribution is -2.51. The molecule has 4 rings (SSSR count). The van der Waals surface area contributed by atoms with Crippen LogP contribution in [0.25, 0.3) is 0 Å². The third-order valence-corrected chi connectivity index (χ3v) is 6.67. The first-order valence-electron chi connectivity index (χ1n) is 9.34. The number of benzene rings is 2. The van der Waals surface area contributed by atoms with Crippen molar-refractivity contribution in [3.63, 3.8) is 0 Å². The van der Waals surface area contributed by atoms with E-state index in [1.54, 1.807) is 19.0 Å². The monoisotopic (exact) mass is 462 g/mol. The van der Waals surface area contributed by atoms with Gasteiger partial charge in [0, 0.05) is 44.1 Å². The number of urea groups is 1. The number of halogens is 3. The fourth-order valence-electron chi connectivity index (χ4n) is 3.37. The molecule has 2 amide bonds. The molecule has 0 aliphatic carbocycles. The predicted octanol–water partition coefficient (Wildman–Crippen LogP) is 3.90. The summed E-state index contributed by atoms with van der Waals surface area (Å²) in [7, 11) is -0.942. The van der Waals surface area contributed by atoms with E-state index in [2.05, 4.69) is 4.98 Å². The number of carbonyl (C=O) groups excluding carboxylic acids is 1. The molecule has 3 aromatic rings. The molecule has 2 heterocycles. The Balaban J connectivity index is 1.89. The maximum atomic E-state index is 14.3. The van der Waals surface area contributed by atoms with Gasteiger partial charge in [0.25, 0.3) is 10.0 Å². The van der Waals surface area contributed by atoms with Crippen molar-refractivity contribution in [3.05, 3.63) is 77.7 Å². The summed E-state index contributed by atoms with van der Waals surface area (Å²) in [6.45, 7) is -0.647. The molecule has 2 aromatic carbocycles. The topological polar surface area (TPSA) is 73.8 Å². The van der Waals surface area contributed by atoms with Crippen LogP contribution in [0.1, 0.15) is 5.56 Å². The number of nitrogens with zero attached hydrogens (tertiary/aromatic N) is 4. The number of fused-ring (bicyclic) bond motifs is 1. The molecule has 0 atom stereocenters. The van der Waals surface area contributed by atoms with Gasteiger partial charge in [0.2, 0.25) is 0 Å². The lowest BCUT2D eigenvalue weighted by Gasteiger charge is -2.36. The summed E-state index contributed by atoms with van der Waals surface area (Å²) in [5, 5.41) is 0. The van der Waals surface area contributed by atoms with Gasteiger partial charge in [0.15, 0.2) is 0 Å². The van der Waals surface area contributed by atoms with Crippen LogP contribution in [0.5, 0.6) is 0 Å². The number of sulfonamides is 1.